The van der Waals surface area contributed by atoms with Crippen molar-refractivity contribution >= 4 is 11.6 Å². The number of amides is 1. The smallest absolute Gasteiger partial charge is 0.227 e. The summed E-state index contributed by atoms with van der Waals surface area (Å²) >= 11 is 0. The van der Waals surface area contributed by atoms with Crippen LogP contribution in [0.25, 0.3) is 11.4 Å². The van der Waals surface area contributed by atoms with Crippen LogP contribution < -0.4 is 4.90 Å². The van der Waals surface area contributed by atoms with Crippen molar-refractivity contribution < 1.29 is 9.32 Å². The van der Waals surface area contributed by atoms with Crippen LogP contribution in [0.5, 0.6) is 0 Å². The van der Waals surface area contributed by atoms with Crippen molar-refractivity contribution in [1.29, 1.82) is 0 Å². The molecule has 3 aromatic rings. The molecule has 0 bridgehead atoms. The second kappa shape index (κ2) is 6.47. The Hall–Kier alpha value is -3.02. The van der Waals surface area contributed by atoms with Crippen molar-refractivity contribution in [3.05, 3.63) is 60.2 Å². The highest BCUT2D eigenvalue weighted by atomic mass is 16.5. The van der Waals surface area contributed by atoms with E-state index >= 15 is 0 Å². The molecule has 126 valence electrons. The zero-order chi connectivity index (χ0) is 17.2. The molecule has 1 atom stereocenters. The SMILES string of the molecule is CC1Cc2ccccc2N1C(=O)CCc1nc(-c2cccnc2)no1. The molecule has 1 unspecified atom stereocenters. The fourth-order valence-electron chi connectivity index (χ4n) is 3.25. The van der Waals surface area contributed by atoms with Crippen LogP contribution in [-0.2, 0) is 17.6 Å². The quantitative estimate of drug-likeness (QED) is 0.733. The standard InChI is InChI=1S/C19H18N4O2/c1-13-11-14-5-2-3-7-16(14)23(13)18(24)9-8-17-21-19(22-25-17)15-6-4-10-20-12-15/h2-7,10,12-13H,8-9,11H2,1H3. The molecular weight excluding hydrogens is 316 g/mol. The maximum atomic E-state index is 12.7. The number of nitrogens with zero attached hydrogens (tertiary/aromatic N) is 4. The predicted molar refractivity (Wildman–Crippen MR) is 92.9 cm³/mol. The molecule has 0 fully saturated rings. The maximum Gasteiger partial charge on any atom is 0.227 e. The van der Waals surface area contributed by atoms with Gasteiger partial charge < -0.3 is 9.42 Å². The Morgan fingerprint density at radius 1 is 1.28 bits per heavy atom. The summed E-state index contributed by atoms with van der Waals surface area (Å²) in [5.74, 6) is 1.04. The fraction of sp³-hybridized carbons (Fsp3) is 0.263. The van der Waals surface area contributed by atoms with Crippen LogP contribution in [0.15, 0.2) is 53.3 Å². The molecule has 4 rings (SSSR count). The number of rotatable bonds is 4. The Kier molecular flexibility index (Phi) is 4.01. The average molecular weight is 334 g/mol. The Morgan fingerprint density at radius 3 is 3.00 bits per heavy atom. The van der Waals surface area contributed by atoms with E-state index in [9.17, 15) is 4.79 Å². The van der Waals surface area contributed by atoms with Gasteiger partial charge in [0, 0.05) is 42.5 Å². The minimum atomic E-state index is 0.0820. The van der Waals surface area contributed by atoms with Crippen LogP contribution in [0, 0.1) is 0 Å². The molecule has 0 spiro atoms. The van der Waals surface area contributed by atoms with Gasteiger partial charge in [-0.25, -0.2) is 0 Å². The van der Waals surface area contributed by atoms with Gasteiger partial charge in [0.15, 0.2) is 0 Å². The molecule has 0 radical (unpaired) electrons. The van der Waals surface area contributed by atoms with Gasteiger partial charge in [-0.1, -0.05) is 23.4 Å². The van der Waals surface area contributed by atoms with Crippen LogP contribution >= 0.6 is 0 Å². The van der Waals surface area contributed by atoms with Crippen molar-refractivity contribution in [2.24, 2.45) is 0 Å². The first-order valence-electron chi connectivity index (χ1n) is 8.35. The summed E-state index contributed by atoms with van der Waals surface area (Å²) in [5, 5.41) is 3.96. The van der Waals surface area contributed by atoms with Crippen molar-refractivity contribution in [1.82, 2.24) is 15.1 Å². The van der Waals surface area contributed by atoms with E-state index in [-0.39, 0.29) is 11.9 Å². The summed E-state index contributed by atoms with van der Waals surface area (Å²) in [6.07, 6.45) is 5.04. The number of carbonyl (C=O) groups is 1. The Balaban J connectivity index is 1.44. The molecule has 0 saturated heterocycles. The third-order valence-electron chi connectivity index (χ3n) is 4.42. The monoisotopic (exact) mass is 334 g/mol. The second-order valence-corrected chi connectivity index (χ2v) is 6.20. The molecule has 1 amide bonds. The first-order valence-corrected chi connectivity index (χ1v) is 8.35. The van der Waals surface area contributed by atoms with Gasteiger partial charge >= 0.3 is 0 Å². The molecule has 0 saturated carbocycles. The first-order chi connectivity index (χ1) is 12.2. The molecule has 1 aromatic carbocycles. The summed E-state index contributed by atoms with van der Waals surface area (Å²) in [4.78, 5) is 23.0. The zero-order valence-corrected chi connectivity index (χ0v) is 13.9. The number of anilines is 1. The highest BCUT2D eigenvalue weighted by Crippen LogP contribution is 2.32. The molecule has 0 aliphatic carbocycles. The fourth-order valence-corrected chi connectivity index (χ4v) is 3.25. The van der Waals surface area contributed by atoms with Crippen molar-refractivity contribution in [3.63, 3.8) is 0 Å². The number of hydrogen-bond acceptors (Lipinski definition) is 5. The molecule has 6 nitrogen and oxygen atoms in total. The normalized spacial score (nSPS) is 16.0. The van der Waals surface area contributed by atoms with E-state index in [1.807, 2.05) is 35.2 Å². The third-order valence-corrected chi connectivity index (χ3v) is 4.42. The van der Waals surface area contributed by atoms with Crippen molar-refractivity contribution in [2.45, 2.75) is 32.2 Å². The molecule has 2 aromatic heterocycles. The van der Waals surface area contributed by atoms with Crippen LogP contribution in [0.4, 0.5) is 5.69 Å². The predicted octanol–water partition coefficient (Wildman–Crippen LogP) is 3.04. The summed E-state index contributed by atoms with van der Waals surface area (Å²) in [6, 6.07) is 11.9. The first kappa shape index (κ1) is 15.5. The number of pyridine rings is 1. The number of aryl methyl sites for hydroxylation is 1. The number of para-hydroxylation sites is 1. The van der Waals surface area contributed by atoms with Gasteiger partial charge in [0.2, 0.25) is 17.6 Å². The zero-order valence-electron chi connectivity index (χ0n) is 13.9. The number of benzene rings is 1. The van der Waals surface area contributed by atoms with E-state index in [2.05, 4.69) is 28.1 Å². The topological polar surface area (TPSA) is 72.1 Å². The van der Waals surface area contributed by atoms with E-state index in [1.165, 1.54) is 5.56 Å². The van der Waals surface area contributed by atoms with Gasteiger partial charge in [-0.2, -0.15) is 4.98 Å². The summed E-state index contributed by atoms with van der Waals surface area (Å²) in [5.41, 5.74) is 3.03. The summed E-state index contributed by atoms with van der Waals surface area (Å²) in [7, 11) is 0. The number of hydrogen-bond donors (Lipinski definition) is 0. The molecule has 3 heterocycles. The summed E-state index contributed by atoms with van der Waals surface area (Å²) < 4.78 is 5.27. The van der Waals surface area contributed by atoms with Gasteiger partial charge in [-0.15, -0.1) is 0 Å². The van der Waals surface area contributed by atoms with E-state index in [0.717, 1.165) is 17.7 Å². The van der Waals surface area contributed by atoms with Gasteiger partial charge in [-0.05, 0) is 37.1 Å². The van der Waals surface area contributed by atoms with E-state index in [0.29, 0.717) is 24.6 Å². The van der Waals surface area contributed by atoms with E-state index in [1.54, 1.807) is 12.4 Å². The van der Waals surface area contributed by atoms with Crippen LogP contribution in [0.2, 0.25) is 0 Å². The lowest BCUT2D eigenvalue weighted by Crippen LogP contribution is -2.35. The minimum Gasteiger partial charge on any atom is -0.339 e. The van der Waals surface area contributed by atoms with Crippen LogP contribution in [0.3, 0.4) is 0 Å². The van der Waals surface area contributed by atoms with Crippen LogP contribution in [-0.4, -0.2) is 27.1 Å². The van der Waals surface area contributed by atoms with Crippen molar-refractivity contribution in [3.8, 4) is 11.4 Å². The number of fused-ring (bicyclic) bond motifs is 1. The van der Waals surface area contributed by atoms with Crippen molar-refractivity contribution in [2.75, 3.05) is 4.90 Å². The van der Waals surface area contributed by atoms with Gasteiger partial charge in [-0.3, -0.25) is 9.78 Å². The third kappa shape index (κ3) is 3.03. The average Bonchev–Trinajstić information content (AvgIpc) is 3.24. The Labute approximate surface area is 145 Å². The lowest BCUT2D eigenvalue weighted by Gasteiger charge is -2.22. The Morgan fingerprint density at radius 2 is 2.16 bits per heavy atom. The molecular formula is C19H18N4O2. The lowest BCUT2D eigenvalue weighted by molar-refractivity contribution is -0.118. The largest absolute Gasteiger partial charge is 0.339 e. The number of aromatic nitrogens is 3. The van der Waals surface area contributed by atoms with E-state index in [4.69, 9.17) is 4.52 Å². The van der Waals surface area contributed by atoms with Gasteiger partial charge in [0.25, 0.3) is 0 Å². The highest BCUT2D eigenvalue weighted by molar-refractivity contribution is 5.96. The molecule has 25 heavy (non-hydrogen) atoms. The highest BCUT2D eigenvalue weighted by Gasteiger charge is 2.30. The molecule has 6 heteroatoms. The molecule has 1 aliphatic heterocycles. The maximum absolute atomic E-state index is 12.7. The second-order valence-electron chi connectivity index (χ2n) is 6.20. The molecule has 1 aliphatic rings. The minimum absolute atomic E-state index is 0.0820. The Bertz CT molecular complexity index is 891. The molecule has 0 N–H and O–H groups in total. The number of carbonyl (C=O) groups excluding carboxylic acids is 1. The van der Waals surface area contributed by atoms with Crippen LogP contribution in [0.1, 0.15) is 24.8 Å². The summed E-state index contributed by atoms with van der Waals surface area (Å²) in [6.45, 7) is 2.07. The van der Waals surface area contributed by atoms with E-state index < -0.39 is 0 Å². The van der Waals surface area contributed by atoms with Gasteiger partial charge in [0.05, 0.1) is 0 Å². The van der Waals surface area contributed by atoms with Gasteiger partial charge in [0.1, 0.15) is 0 Å². The lowest BCUT2D eigenvalue weighted by atomic mass is 10.1.